The summed E-state index contributed by atoms with van der Waals surface area (Å²) in [5.74, 6) is 0.958. The van der Waals surface area contributed by atoms with Crippen molar-refractivity contribution in [1.82, 2.24) is 24.8 Å². The molecule has 2 unspecified atom stereocenters. The molecule has 2 aromatic rings. The van der Waals surface area contributed by atoms with Crippen LogP contribution in [0.15, 0.2) is 12.3 Å². The van der Waals surface area contributed by atoms with Crippen LogP contribution in [0.2, 0.25) is 0 Å². The van der Waals surface area contributed by atoms with Crippen LogP contribution in [0.4, 0.5) is 5.82 Å². The Morgan fingerprint density at radius 3 is 2.76 bits per heavy atom. The fourth-order valence-corrected chi connectivity index (χ4v) is 5.17. The smallest absolute Gasteiger partial charge is 0.241 e. The largest absolute Gasteiger partial charge is 0.355 e. The fraction of sp³-hybridized carbons (Fsp3) is 0.696. The maximum absolute atomic E-state index is 13.6. The van der Waals surface area contributed by atoms with Gasteiger partial charge in [-0.25, -0.2) is 9.50 Å². The molecule has 33 heavy (non-hydrogen) atoms. The van der Waals surface area contributed by atoms with Gasteiger partial charge in [0.05, 0.1) is 17.1 Å². The number of nitrogens with one attached hydrogen (secondary N) is 1. The summed E-state index contributed by atoms with van der Waals surface area (Å²) in [6.45, 7) is 8.73. The zero-order valence-corrected chi connectivity index (χ0v) is 20.6. The van der Waals surface area contributed by atoms with Crippen molar-refractivity contribution < 1.29 is 4.79 Å². The van der Waals surface area contributed by atoms with Crippen molar-refractivity contribution in [3.05, 3.63) is 23.5 Å². The third kappa shape index (κ3) is 5.11. The van der Waals surface area contributed by atoms with Crippen molar-refractivity contribution in [2.45, 2.75) is 76.0 Å². The Labute approximate surface area is 200 Å². The van der Waals surface area contributed by atoms with Gasteiger partial charge in [0.1, 0.15) is 11.9 Å². The number of aromatic nitrogens is 3. The van der Waals surface area contributed by atoms with E-state index in [0.717, 1.165) is 61.5 Å². The van der Waals surface area contributed by atoms with E-state index in [-0.39, 0.29) is 30.6 Å². The first kappa shape index (κ1) is 24.2. The molecule has 9 nitrogen and oxygen atoms in total. The number of nitrogens with two attached hydrogens (primary N) is 2. The van der Waals surface area contributed by atoms with E-state index >= 15 is 0 Å². The Balaban J connectivity index is 1.63. The van der Waals surface area contributed by atoms with Gasteiger partial charge < -0.3 is 26.6 Å². The molecule has 4 rings (SSSR count). The number of aryl methyl sites for hydroxylation is 1. The van der Waals surface area contributed by atoms with Crippen LogP contribution in [0.3, 0.4) is 0 Å². The average molecular weight is 477 g/mol. The molecule has 2 aliphatic heterocycles. The lowest BCUT2D eigenvalue weighted by molar-refractivity contribution is -0.137. The summed E-state index contributed by atoms with van der Waals surface area (Å²) in [6, 6.07) is 1.70. The Hall–Kier alpha value is -1.94. The molecule has 2 saturated heterocycles. The van der Waals surface area contributed by atoms with E-state index in [1.807, 2.05) is 35.5 Å². The standard InChI is InChI=1S/C23H37ClN8O/c1-14(2)27-21(17(24)11-25)23(33)31-8-5-4-6-19(31)18-10-20-28-22(15(3)12-32(20)29-18)30-9-7-16(26)13-30/h10,12,14,16-17,19,21,27H,4-9,11,13,25-26H2,1-3H3/t16-,17?,19-,21?/m0/s1. The van der Waals surface area contributed by atoms with E-state index in [2.05, 4.69) is 17.1 Å². The average Bonchev–Trinajstić information content (AvgIpc) is 3.41. The minimum Gasteiger partial charge on any atom is -0.355 e. The molecule has 4 heterocycles. The summed E-state index contributed by atoms with van der Waals surface area (Å²) in [5.41, 5.74) is 14.7. The molecule has 0 aliphatic carbocycles. The summed E-state index contributed by atoms with van der Waals surface area (Å²) in [6.07, 6.45) is 5.89. The minimum absolute atomic E-state index is 0.00760. The van der Waals surface area contributed by atoms with E-state index < -0.39 is 11.4 Å². The van der Waals surface area contributed by atoms with Crippen LogP contribution < -0.4 is 21.7 Å². The van der Waals surface area contributed by atoms with Crippen molar-refractivity contribution in [2.24, 2.45) is 11.5 Å². The summed E-state index contributed by atoms with van der Waals surface area (Å²) >= 11 is 6.48. The Morgan fingerprint density at radius 1 is 1.30 bits per heavy atom. The van der Waals surface area contributed by atoms with Crippen LogP contribution in [0.5, 0.6) is 0 Å². The molecular formula is C23H37ClN8O. The predicted octanol–water partition coefficient (Wildman–Crippen LogP) is 1.56. The van der Waals surface area contributed by atoms with E-state index in [4.69, 9.17) is 33.2 Å². The molecule has 5 N–H and O–H groups in total. The summed E-state index contributed by atoms with van der Waals surface area (Å²) in [4.78, 5) is 22.7. The molecule has 4 atom stereocenters. The van der Waals surface area contributed by atoms with Gasteiger partial charge in [-0.3, -0.25) is 4.79 Å². The SMILES string of the molecule is Cc1cn2nc([C@@H]3CCCCN3C(=O)C(NC(C)C)C(Cl)CN)cc2nc1N1CC[C@H](N)C1. The van der Waals surface area contributed by atoms with Crippen LogP contribution in [-0.4, -0.2) is 75.1 Å². The molecule has 182 valence electrons. The van der Waals surface area contributed by atoms with Crippen LogP contribution in [0.25, 0.3) is 5.65 Å². The zero-order valence-electron chi connectivity index (χ0n) is 19.9. The summed E-state index contributed by atoms with van der Waals surface area (Å²) in [7, 11) is 0. The van der Waals surface area contributed by atoms with Gasteiger partial charge >= 0.3 is 0 Å². The van der Waals surface area contributed by atoms with Gasteiger partial charge in [-0.2, -0.15) is 5.10 Å². The lowest BCUT2D eigenvalue weighted by atomic mass is 9.97. The number of hydrogen-bond donors (Lipinski definition) is 3. The number of nitrogens with zero attached hydrogens (tertiary/aromatic N) is 5. The highest BCUT2D eigenvalue weighted by atomic mass is 35.5. The minimum atomic E-state index is -0.527. The number of alkyl halides is 1. The highest BCUT2D eigenvalue weighted by Gasteiger charge is 2.36. The van der Waals surface area contributed by atoms with Gasteiger partial charge in [-0.1, -0.05) is 13.8 Å². The van der Waals surface area contributed by atoms with Crippen molar-refractivity contribution in [3.8, 4) is 0 Å². The molecule has 0 saturated carbocycles. The lowest BCUT2D eigenvalue weighted by Crippen LogP contribution is -2.56. The monoisotopic (exact) mass is 476 g/mol. The number of anilines is 1. The molecule has 0 spiro atoms. The highest BCUT2D eigenvalue weighted by Crippen LogP contribution is 2.32. The van der Waals surface area contributed by atoms with E-state index in [0.29, 0.717) is 6.54 Å². The third-order valence-electron chi connectivity index (χ3n) is 6.64. The molecule has 2 aliphatic rings. The van der Waals surface area contributed by atoms with Gasteiger partial charge in [0.15, 0.2) is 5.65 Å². The predicted molar refractivity (Wildman–Crippen MR) is 132 cm³/mol. The van der Waals surface area contributed by atoms with Crippen molar-refractivity contribution in [3.63, 3.8) is 0 Å². The second kappa shape index (κ2) is 10.1. The first-order chi connectivity index (χ1) is 15.8. The van der Waals surface area contributed by atoms with Crippen LogP contribution in [0, 0.1) is 6.92 Å². The zero-order chi connectivity index (χ0) is 23.7. The van der Waals surface area contributed by atoms with Gasteiger partial charge in [-0.05, 0) is 32.6 Å². The van der Waals surface area contributed by atoms with Gasteiger partial charge in [-0.15, -0.1) is 11.6 Å². The number of piperidine rings is 1. The number of likely N-dealkylation sites (tertiary alicyclic amines) is 1. The molecular weight excluding hydrogens is 440 g/mol. The summed E-state index contributed by atoms with van der Waals surface area (Å²) in [5, 5.41) is 7.69. The molecule has 10 heteroatoms. The topological polar surface area (TPSA) is 118 Å². The Morgan fingerprint density at radius 2 is 2.09 bits per heavy atom. The Kier molecular flexibility index (Phi) is 7.43. The second-order valence-electron chi connectivity index (χ2n) is 9.71. The molecule has 2 fully saturated rings. The van der Waals surface area contributed by atoms with Crippen molar-refractivity contribution in [2.75, 3.05) is 31.1 Å². The number of carbonyl (C=O) groups is 1. The van der Waals surface area contributed by atoms with E-state index in [1.54, 1.807) is 0 Å². The maximum atomic E-state index is 13.6. The highest BCUT2D eigenvalue weighted by molar-refractivity contribution is 6.23. The Bertz CT molecular complexity index is 979. The number of fused-ring (bicyclic) bond motifs is 1. The first-order valence-corrected chi connectivity index (χ1v) is 12.5. The number of amides is 1. The van der Waals surface area contributed by atoms with Crippen LogP contribution in [-0.2, 0) is 4.79 Å². The molecule has 1 amide bonds. The van der Waals surface area contributed by atoms with Crippen LogP contribution in [0.1, 0.15) is 56.8 Å². The molecule has 2 aromatic heterocycles. The van der Waals surface area contributed by atoms with E-state index in [9.17, 15) is 4.79 Å². The number of hydrogen-bond acceptors (Lipinski definition) is 7. The number of carbonyl (C=O) groups excluding carboxylic acids is 1. The molecule has 0 bridgehead atoms. The third-order valence-corrected chi connectivity index (χ3v) is 7.07. The number of rotatable bonds is 7. The normalized spacial score (nSPS) is 23.5. The first-order valence-electron chi connectivity index (χ1n) is 12.1. The fourth-order valence-electron chi connectivity index (χ4n) is 4.99. The maximum Gasteiger partial charge on any atom is 0.241 e. The van der Waals surface area contributed by atoms with Gasteiger partial charge in [0.2, 0.25) is 5.91 Å². The van der Waals surface area contributed by atoms with Gasteiger partial charge in [0, 0.05) is 56.1 Å². The second-order valence-corrected chi connectivity index (χ2v) is 10.3. The molecule has 0 aromatic carbocycles. The van der Waals surface area contributed by atoms with Crippen molar-refractivity contribution >= 4 is 29.0 Å². The van der Waals surface area contributed by atoms with Gasteiger partial charge in [0.25, 0.3) is 0 Å². The molecule has 0 radical (unpaired) electrons. The summed E-state index contributed by atoms with van der Waals surface area (Å²) < 4.78 is 1.83. The number of halogens is 1. The quantitative estimate of drug-likeness (QED) is 0.519. The van der Waals surface area contributed by atoms with Crippen LogP contribution >= 0.6 is 11.6 Å². The lowest BCUT2D eigenvalue weighted by Gasteiger charge is -2.38. The van der Waals surface area contributed by atoms with E-state index in [1.165, 1.54) is 0 Å². The van der Waals surface area contributed by atoms with Crippen molar-refractivity contribution in [1.29, 1.82) is 0 Å².